The van der Waals surface area contributed by atoms with E-state index in [2.05, 4.69) is 4.98 Å². The minimum atomic E-state index is -0.329. The van der Waals surface area contributed by atoms with Crippen LogP contribution in [0.2, 0.25) is 0 Å². The molecule has 2 aromatic heterocycles. The monoisotopic (exact) mass is 282 g/mol. The van der Waals surface area contributed by atoms with Crippen LogP contribution in [0, 0.1) is 6.92 Å². The van der Waals surface area contributed by atoms with Crippen molar-refractivity contribution < 1.29 is 9.15 Å². The quantitative estimate of drug-likeness (QED) is 0.794. The van der Waals surface area contributed by atoms with Crippen molar-refractivity contribution in [3.63, 3.8) is 0 Å². The van der Waals surface area contributed by atoms with Gasteiger partial charge in [-0.25, -0.2) is 0 Å². The van der Waals surface area contributed by atoms with E-state index in [4.69, 9.17) is 14.9 Å². The van der Waals surface area contributed by atoms with E-state index in [1.165, 1.54) is 0 Å². The van der Waals surface area contributed by atoms with Gasteiger partial charge in [0.2, 0.25) is 0 Å². The Bertz CT molecular complexity index is 744. The van der Waals surface area contributed by atoms with Crippen molar-refractivity contribution in [1.29, 1.82) is 0 Å². The maximum atomic E-state index is 6.13. The minimum absolute atomic E-state index is 0.192. The summed E-state index contributed by atoms with van der Waals surface area (Å²) >= 11 is 0. The molecule has 3 rings (SSSR count). The minimum Gasteiger partial charge on any atom is -0.480 e. The van der Waals surface area contributed by atoms with E-state index in [9.17, 15) is 0 Å². The van der Waals surface area contributed by atoms with Gasteiger partial charge in [0.15, 0.2) is 6.10 Å². The van der Waals surface area contributed by atoms with Crippen LogP contribution in [0.3, 0.4) is 0 Å². The fourth-order valence-corrected chi connectivity index (χ4v) is 2.35. The topological polar surface area (TPSA) is 61.3 Å². The van der Waals surface area contributed by atoms with Crippen LogP contribution in [0.1, 0.15) is 24.5 Å². The second-order valence-corrected chi connectivity index (χ2v) is 5.17. The van der Waals surface area contributed by atoms with E-state index in [1.54, 1.807) is 6.20 Å². The lowest BCUT2D eigenvalue weighted by molar-refractivity contribution is 0.154. The normalized spacial score (nSPS) is 14.0. The first kappa shape index (κ1) is 13.6. The van der Waals surface area contributed by atoms with Crippen molar-refractivity contribution in [3.05, 3.63) is 60.2 Å². The number of benzene rings is 1. The Kier molecular flexibility index (Phi) is 3.62. The van der Waals surface area contributed by atoms with Crippen LogP contribution < -0.4 is 10.5 Å². The van der Waals surface area contributed by atoms with Crippen molar-refractivity contribution in [3.8, 4) is 5.75 Å². The molecule has 0 spiro atoms. The zero-order valence-corrected chi connectivity index (χ0v) is 12.1. The number of nitrogens with zero attached hydrogens (tertiary/aromatic N) is 1. The lowest BCUT2D eigenvalue weighted by Crippen LogP contribution is -2.28. The third-order valence-corrected chi connectivity index (χ3v) is 3.38. The van der Waals surface area contributed by atoms with Crippen LogP contribution in [0.5, 0.6) is 5.75 Å². The summed E-state index contributed by atoms with van der Waals surface area (Å²) < 4.78 is 11.8. The number of fused-ring (bicyclic) bond motifs is 1. The molecule has 108 valence electrons. The lowest BCUT2D eigenvalue weighted by atomic mass is 10.1. The maximum Gasteiger partial charge on any atom is 0.171 e. The molecule has 2 heterocycles. The number of nitrogens with two attached hydrogens (primary N) is 1. The molecule has 3 aromatic rings. The first-order chi connectivity index (χ1) is 10.1. The Labute approximate surface area is 123 Å². The second-order valence-electron chi connectivity index (χ2n) is 5.17. The van der Waals surface area contributed by atoms with Gasteiger partial charge in [-0.1, -0.05) is 6.07 Å². The fourth-order valence-electron chi connectivity index (χ4n) is 2.35. The zero-order valence-electron chi connectivity index (χ0n) is 12.1. The SMILES string of the molecule is Cc1ccc(C(Oc2cccc3ncccc23)C(C)N)o1. The summed E-state index contributed by atoms with van der Waals surface area (Å²) in [4.78, 5) is 4.34. The molecular weight excluding hydrogens is 264 g/mol. The summed E-state index contributed by atoms with van der Waals surface area (Å²) in [6.45, 7) is 3.81. The van der Waals surface area contributed by atoms with Gasteiger partial charge in [0.25, 0.3) is 0 Å². The Balaban J connectivity index is 1.99. The Morgan fingerprint density at radius 3 is 2.71 bits per heavy atom. The van der Waals surface area contributed by atoms with Gasteiger partial charge in [-0.05, 0) is 50.2 Å². The van der Waals surface area contributed by atoms with Gasteiger partial charge in [0.05, 0.1) is 5.52 Å². The van der Waals surface area contributed by atoms with E-state index in [0.717, 1.165) is 28.2 Å². The van der Waals surface area contributed by atoms with Crippen molar-refractivity contribution in [2.75, 3.05) is 0 Å². The van der Waals surface area contributed by atoms with Gasteiger partial charge in [0, 0.05) is 17.6 Å². The molecule has 0 aliphatic carbocycles. The highest BCUT2D eigenvalue weighted by atomic mass is 16.5. The summed E-state index contributed by atoms with van der Waals surface area (Å²) in [7, 11) is 0. The summed E-state index contributed by atoms with van der Waals surface area (Å²) in [5, 5.41) is 0.967. The highest BCUT2D eigenvalue weighted by Crippen LogP contribution is 2.30. The lowest BCUT2D eigenvalue weighted by Gasteiger charge is -2.21. The molecule has 0 bridgehead atoms. The Hall–Kier alpha value is -2.33. The van der Waals surface area contributed by atoms with Gasteiger partial charge in [-0.3, -0.25) is 4.98 Å². The van der Waals surface area contributed by atoms with Crippen molar-refractivity contribution >= 4 is 10.9 Å². The van der Waals surface area contributed by atoms with Crippen LogP contribution in [0.25, 0.3) is 10.9 Å². The van der Waals surface area contributed by atoms with Crippen LogP contribution in [0.15, 0.2) is 53.1 Å². The molecule has 2 atom stereocenters. The molecule has 0 saturated carbocycles. The number of rotatable bonds is 4. The van der Waals surface area contributed by atoms with Gasteiger partial charge in [0.1, 0.15) is 17.3 Å². The number of hydrogen-bond acceptors (Lipinski definition) is 4. The summed E-state index contributed by atoms with van der Waals surface area (Å²) in [6, 6.07) is 13.3. The standard InChI is InChI=1S/C17H18N2O2/c1-11-8-9-16(20-11)17(12(2)18)21-15-7-3-6-14-13(15)5-4-10-19-14/h3-10,12,17H,18H2,1-2H3. The number of furan rings is 1. The maximum absolute atomic E-state index is 6.13. The molecule has 0 aliphatic heterocycles. The number of ether oxygens (including phenoxy) is 1. The predicted octanol–water partition coefficient (Wildman–Crippen LogP) is 3.60. The molecule has 0 amide bonds. The second kappa shape index (κ2) is 5.58. The summed E-state index contributed by atoms with van der Waals surface area (Å²) in [6.07, 6.45) is 1.44. The highest BCUT2D eigenvalue weighted by Gasteiger charge is 2.22. The Morgan fingerprint density at radius 1 is 1.14 bits per heavy atom. The third-order valence-electron chi connectivity index (χ3n) is 3.38. The molecule has 2 N–H and O–H groups in total. The van der Waals surface area contributed by atoms with Crippen LogP contribution in [-0.2, 0) is 0 Å². The van der Waals surface area contributed by atoms with Gasteiger partial charge < -0.3 is 14.9 Å². The Morgan fingerprint density at radius 2 is 2.00 bits per heavy atom. The van der Waals surface area contributed by atoms with E-state index in [1.807, 2.05) is 56.3 Å². The number of aryl methyl sites for hydroxylation is 1. The first-order valence-corrected chi connectivity index (χ1v) is 6.97. The molecule has 0 radical (unpaired) electrons. The molecule has 21 heavy (non-hydrogen) atoms. The number of hydrogen-bond donors (Lipinski definition) is 1. The molecule has 1 aromatic carbocycles. The molecular formula is C17H18N2O2. The predicted molar refractivity (Wildman–Crippen MR) is 82.2 cm³/mol. The smallest absolute Gasteiger partial charge is 0.171 e. The van der Waals surface area contributed by atoms with Crippen LogP contribution >= 0.6 is 0 Å². The highest BCUT2D eigenvalue weighted by molar-refractivity contribution is 5.84. The molecule has 0 fully saturated rings. The largest absolute Gasteiger partial charge is 0.480 e. The third kappa shape index (κ3) is 2.76. The van der Waals surface area contributed by atoms with Crippen LogP contribution in [0.4, 0.5) is 0 Å². The molecule has 0 aliphatic rings. The molecule has 4 nitrogen and oxygen atoms in total. The number of aromatic nitrogens is 1. The zero-order chi connectivity index (χ0) is 14.8. The van der Waals surface area contributed by atoms with Gasteiger partial charge in [-0.2, -0.15) is 0 Å². The fraction of sp³-hybridized carbons (Fsp3) is 0.235. The van der Waals surface area contributed by atoms with Crippen molar-refractivity contribution in [2.45, 2.75) is 26.0 Å². The van der Waals surface area contributed by atoms with Crippen LogP contribution in [-0.4, -0.2) is 11.0 Å². The average molecular weight is 282 g/mol. The van der Waals surface area contributed by atoms with Crippen molar-refractivity contribution in [1.82, 2.24) is 4.98 Å². The van der Waals surface area contributed by atoms with Crippen molar-refractivity contribution in [2.24, 2.45) is 5.73 Å². The molecule has 2 unspecified atom stereocenters. The van der Waals surface area contributed by atoms with E-state index < -0.39 is 0 Å². The van der Waals surface area contributed by atoms with Gasteiger partial charge in [-0.15, -0.1) is 0 Å². The molecule has 4 heteroatoms. The summed E-state index contributed by atoms with van der Waals surface area (Å²) in [5.41, 5.74) is 6.97. The van der Waals surface area contributed by atoms with Gasteiger partial charge >= 0.3 is 0 Å². The number of pyridine rings is 1. The summed E-state index contributed by atoms with van der Waals surface area (Å²) in [5.74, 6) is 2.35. The first-order valence-electron chi connectivity index (χ1n) is 6.97. The van der Waals surface area contributed by atoms with E-state index in [-0.39, 0.29) is 12.1 Å². The van der Waals surface area contributed by atoms with E-state index in [0.29, 0.717) is 0 Å². The average Bonchev–Trinajstić information content (AvgIpc) is 2.90. The molecule has 0 saturated heterocycles. The van der Waals surface area contributed by atoms with E-state index >= 15 is 0 Å².